The molecule has 1 fully saturated rings. The number of hydrogen-bond donors (Lipinski definition) is 1. The molecule has 1 aliphatic heterocycles. The minimum atomic E-state index is -0.600. The van der Waals surface area contributed by atoms with Gasteiger partial charge in [0.2, 0.25) is 5.91 Å². The van der Waals surface area contributed by atoms with Crippen LogP contribution in [0, 0.1) is 0 Å². The molecule has 2 heterocycles. The molecule has 0 aliphatic carbocycles. The van der Waals surface area contributed by atoms with Gasteiger partial charge in [-0.2, -0.15) is 0 Å². The third kappa shape index (κ3) is 5.56. The van der Waals surface area contributed by atoms with Crippen molar-refractivity contribution in [3.8, 4) is 0 Å². The van der Waals surface area contributed by atoms with Crippen molar-refractivity contribution in [1.82, 2.24) is 15.1 Å². The molecule has 0 unspecified atom stereocenters. The van der Waals surface area contributed by atoms with Gasteiger partial charge in [-0.3, -0.25) is 9.69 Å². The van der Waals surface area contributed by atoms with E-state index in [1.165, 1.54) is 0 Å². The molecule has 1 saturated heterocycles. The van der Waals surface area contributed by atoms with Crippen LogP contribution in [-0.4, -0.2) is 59.6 Å². The Morgan fingerprint density at radius 1 is 1.29 bits per heavy atom. The maximum Gasteiger partial charge on any atom is 0.408 e. The van der Waals surface area contributed by atoms with Crippen LogP contribution in [0.1, 0.15) is 33.5 Å². The average Bonchev–Trinajstić information content (AvgIpc) is 2.98. The predicted octanol–water partition coefficient (Wildman–Crippen LogP) is 1.84. The highest BCUT2D eigenvalue weighted by atomic mass is 16.6. The monoisotopic (exact) mass is 337 g/mol. The second-order valence-electron chi connectivity index (χ2n) is 7.05. The maximum atomic E-state index is 12.4. The summed E-state index contributed by atoms with van der Waals surface area (Å²) in [5.41, 5.74) is -0.579. The molecule has 1 aliphatic rings. The molecule has 1 atom stereocenters. The van der Waals surface area contributed by atoms with Gasteiger partial charge < -0.3 is 19.4 Å². The first kappa shape index (κ1) is 18.3. The van der Waals surface area contributed by atoms with E-state index in [-0.39, 0.29) is 5.91 Å². The van der Waals surface area contributed by atoms with Gasteiger partial charge in [-0.25, -0.2) is 4.79 Å². The van der Waals surface area contributed by atoms with Gasteiger partial charge in [-0.05, 0) is 39.8 Å². The molecule has 0 bridgehead atoms. The molecule has 0 radical (unpaired) electrons. The van der Waals surface area contributed by atoms with Gasteiger partial charge in [-0.1, -0.05) is 0 Å². The van der Waals surface area contributed by atoms with Crippen molar-refractivity contribution in [3.05, 3.63) is 24.2 Å². The molecule has 1 aromatic heterocycles. The van der Waals surface area contributed by atoms with Gasteiger partial charge in [0.25, 0.3) is 0 Å². The molecule has 2 rings (SSSR count). The number of nitrogens with zero attached hydrogens (tertiary/aromatic N) is 2. The van der Waals surface area contributed by atoms with E-state index in [1.54, 1.807) is 38.9 Å². The summed E-state index contributed by atoms with van der Waals surface area (Å²) in [7, 11) is 0. The lowest BCUT2D eigenvalue weighted by Crippen LogP contribution is -2.54. The number of piperazine rings is 1. The predicted molar refractivity (Wildman–Crippen MR) is 89.4 cm³/mol. The molecule has 0 saturated carbocycles. The zero-order chi connectivity index (χ0) is 17.7. The highest BCUT2D eigenvalue weighted by molar-refractivity contribution is 5.85. The smallest absolute Gasteiger partial charge is 0.408 e. The van der Waals surface area contributed by atoms with Crippen LogP contribution >= 0.6 is 0 Å². The van der Waals surface area contributed by atoms with E-state index in [2.05, 4.69) is 10.2 Å². The van der Waals surface area contributed by atoms with Gasteiger partial charge in [0.1, 0.15) is 17.4 Å². The topological polar surface area (TPSA) is 75.0 Å². The first-order chi connectivity index (χ1) is 11.2. The molecule has 0 spiro atoms. The third-order valence-electron chi connectivity index (χ3n) is 3.75. The Bertz CT molecular complexity index is 543. The summed E-state index contributed by atoms with van der Waals surface area (Å²) >= 11 is 0. The van der Waals surface area contributed by atoms with Crippen molar-refractivity contribution in [2.45, 2.75) is 45.9 Å². The van der Waals surface area contributed by atoms with E-state index in [0.29, 0.717) is 13.1 Å². The Kier molecular flexibility index (Phi) is 5.88. The molecule has 7 heteroatoms. The molecule has 1 N–H and O–H groups in total. The van der Waals surface area contributed by atoms with Crippen molar-refractivity contribution in [2.75, 3.05) is 26.2 Å². The third-order valence-corrected chi connectivity index (χ3v) is 3.75. The lowest BCUT2D eigenvalue weighted by Gasteiger charge is -2.35. The van der Waals surface area contributed by atoms with Crippen LogP contribution in [-0.2, 0) is 16.1 Å². The summed E-state index contributed by atoms with van der Waals surface area (Å²) in [6.45, 7) is 10.6. The molecule has 2 amide bonds. The number of amides is 2. The molecule has 24 heavy (non-hydrogen) atoms. The van der Waals surface area contributed by atoms with Crippen LogP contribution in [0.3, 0.4) is 0 Å². The Labute approximate surface area is 142 Å². The molecule has 7 nitrogen and oxygen atoms in total. The van der Waals surface area contributed by atoms with E-state index in [0.717, 1.165) is 25.4 Å². The van der Waals surface area contributed by atoms with Crippen molar-refractivity contribution >= 4 is 12.0 Å². The van der Waals surface area contributed by atoms with Gasteiger partial charge in [0.05, 0.1) is 12.8 Å². The normalized spacial score (nSPS) is 17.4. The standard InChI is InChI=1S/C17H27N3O4/c1-13(18-16(22)24-17(2,3)4)15(21)20-9-7-19(8-10-20)12-14-6-5-11-23-14/h5-6,11,13H,7-10,12H2,1-4H3,(H,18,22)/t13-/m1/s1. The molecular weight excluding hydrogens is 310 g/mol. The van der Waals surface area contributed by atoms with E-state index < -0.39 is 17.7 Å². The highest BCUT2D eigenvalue weighted by Crippen LogP contribution is 2.11. The summed E-state index contributed by atoms with van der Waals surface area (Å²) < 4.78 is 10.5. The summed E-state index contributed by atoms with van der Waals surface area (Å²) in [6, 6.07) is 3.22. The largest absolute Gasteiger partial charge is 0.468 e. The van der Waals surface area contributed by atoms with Crippen LogP contribution in [0.4, 0.5) is 4.79 Å². The minimum absolute atomic E-state index is 0.0847. The molecule has 1 aromatic rings. The number of alkyl carbamates (subject to hydrolysis) is 1. The molecular formula is C17H27N3O4. The lowest BCUT2D eigenvalue weighted by atomic mass is 10.2. The second kappa shape index (κ2) is 7.70. The fourth-order valence-electron chi connectivity index (χ4n) is 2.57. The molecule has 134 valence electrons. The van der Waals surface area contributed by atoms with Gasteiger partial charge in [0, 0.05) is 26.2 Å². The van der Waals surface area contributed by atoms with Crippen LogP contribution in [0.25, 0.3) is 0 Å². The summed E-state index contributed by atoms with van der Waals surface area (Å²) in [4.78, 5) is 28.2. The number of furan rings is 1. The summed E-state index contributed by atoms with van der Waals surface area (Å²) in [6.07, 6.45) is 1.10. The number of carbonyl (C=O) groups is 2. The van der Waals surface area contributed by atoms with Crippen molar-refractivity contribution in [1.29, 1.82) is 0 Å². The fourth-order valence-corrected chi connectivity index (χ4v) is 2.57. The van der Waals surface area contributed by atoms with E-state index in [9.17, 15) is 9.59 Å². The SMILES string of the molecule is C[C@@H](NC(=O)OC(C)(C)C)C(=O)N1CCN(Cc2ccco2)CC1. The number of nitrogens with one attached hydrogen (secondary N) is 1. The number of rotatable bonds is 4. The van der Waals surface area contributed by atoms with Crippen LogP contribution < -0.4 is 5.32 Å². The quantitative estimate of drug-likeness (QED) is 0.907. The number of carbonyl (C=O) groups excluding carboxylic acids is 2. The van der Waals surface area contributed by atoms with Gasteiger partial charge in [0.15, 0.2) is 0 Å². The number of hydrogen-bond acceptors (Lipinski definition) is 5. The van der Waals surface area contributed by atoms with Gasteiger partial charge >= 0.3 is 6.09 Å². The summed E-state index contributed by atoms with van der Waals surface area (Å²) in [5, 5.41) is 2.60. The van der Waals surface area contributed by atoms with Gasteiger partial charge in [-0.15, -0.1) is 0 Å². The number of ether oxygens (including phenoxy) is 1. The zero-order valence-electron chi connectivity index (χ0n) is 14.9. The van der Waals surface area contributed by atoms with Crippen molar-refractivity contribution in [2.24, 2.45) is 0 Å². The maximum absolute atomic E-state index is 12.4. The van der Waals surface area contributed by atoms with Crippen LogP contribution in [0.2, 0.25) is 0 Å². The first-order valence-corrected chi connectivity index (χ1v) is 8.27. The van der Waals surface area contributed by atoms with Crippen molar-refractivity contribution in [3.63, 3.8) is 0 Å². The Morgan fingerprint density at radius 3 is 2.50 bits per heavy atom. The first-order valence-electron chi connectivity index (χ1n) is 8.27. The van der Waals surface area contributed by atoms with E-state index >= 15 is 0 Å². The average molecular weight is 337 g/mol. The molecule has 0 aromatic carbocycles. The van der Waals surface area contributed by atoms with Crippen LogP contribution in [0.15, 0.2) is 22.8 Å². The lowest BCUT2D eigenvalue weighted by molar-refractivity contribution is -0.134. The Morgan fingerprint density at radius 2 is 1.96 bits per heavy atom. The van der Waals surface area contributed by atoms with E-state index in [1.807, 2.05) is 12.1 Å². The Balaban J connectivity index is 1.76. The Hall–Kier alpha value is -2.02. The minimum Gasteiger partial charge on any atom is -0.468 e. The van der Waals surface area contributed by atoms with Crippen molar-refractivity contribution < 1.29 is 18.7 Å². The van der Waals surface area contributed by atoms with Crippen LogP contribution in [0.5, 0.6) is 0 Å². The fraction of sp³-hybridized carbons (Fsp3) is 0.647. The summed E-state index contributed by atoms with van der Waals surface area (Å²) in [5.74, 6) is 0.841. The van der Waals surface area contributed by atoms with E-state index in [4.69, 9.17) is 9.15 Å². The zero-order valence-corrected chi connectivity index (χ0v) is 14.9. The highest BCUT2D eigenvalue weighted by Gasteiger charge is 2.27. The second-order valence-corrected chi connectivity index (χ2v) is 7.05.